The highest BCUT2D eigenvalue weighted by Gasteiger charge is 1.87. The molecule has 0 amide bonds. The van der Waals surface area contributed by atoms with Gasteiger partial charge in [-0.3, -0.25) is 4.79 Å². The topological polar surface area (TPSA) is 81.5 Å². The van der Waals surface area contributed by atoms with E-state index >= 15 is 0 Å². The highest BCUT2D eigenvalue weighted by Crippen LogP contribution is 1.77. The molecular weight excluding hydrogens is 126 g/mol. The van der Waals surface area contributed by atoms with Crippen molar-refractivity contribution in [3.05, 3.63) is 0 Å². The molecule has 0 saturated carbocycles. The van der Waals surface area contributed by atoms with E-state index in [1.54, 1.807) is 0 Å². The Hall–Kier alpha value is -0.710. The SMILES string of the molecule is NC(N)=NCC(=O)S. The lowest BCUT2D eigenvalue weighted by Gasteiger charge is -1.86. The fourth-order valence-corrected chi connectivity index (χ4v) is 0.230. The van der Waals surface area contributed by atoms with Crippen molar-refractivity contribution in [2.45, 2.75) is 0 Å². The van der Waals surface area contributed by atoms with E-state index in [4.69, 9.17) is 11.5 Å². The minimum absolute atomic E-state index is 0.0502. The van der Waals surface area contributed by atoms with Gasteiger partial charge >= 0.3 is 0 Å². The average Bonchev–Trinajstić information content (AvgIpc) is 1.61. The molecule has 0 unspecified atom stereocenters. The molecule has 5 heteroatoms. The van der Waals surface area contributed by atoms with Crippen LogP contribution < -0.4 is 11.5 Å². The largest absolute Gasteiger partial charge is 0.370 e. The molecule has 0 spiro atoms. The van der Waals surface area contributed by atoms with Crippen LogP contribution in [0.2, 0.25) is 0 Å². The van der Waals surface area contributed by atoms with E-state index in [2.05, 4.69) is 17.6 Å². The molecule has 0 radical (unpaired) electrons. The highest BCUT2D eigenvalue weighted by atomic mass is 32.1. The lowest BCUT2D eigenvalue weighted by Crippen LogP contribution is -2.23. The molecule has 4 nitrogen and oxygen atoms in total. The number of hydrogen-bond donors (Lipinski definition) is 3. The van der Waals surface area contributed by atoms with Crippen LogP contribution in [-0.4, -0.2) is 17.6 Å². The van der Waals surface area contributed by atoms with Crippen molar-refractivity contribution < 1.29 is 4.79 Å². The molecule has 0 aliphatic heterocycles. The number of nitrogens with zero attached hydrogens (tertiary/aromatic N) is 1. The first-order valence-corrected chi connectivity index (χ1v) is 2.35. The summed E-state index contributed by atoms with van der Waals surface area (Å²) >= 11 is 3.42. The van der Waals surface area contributed by atoms with Crippen molar-refractivity contribution in [3.8, 4) is 0 Å². The lowest BCUT2D eigenvalue weighted by atomic mass is 10.7. The van der Waals surface area contributed by atoms with Crippen molar-refractivity contribution in [1.29, 1.82) is 0 Å². The summed E-state index contributed by atoms with van der Waals surface area (Å²) in [5, 5.41) is -0.349. The molecular formula is C3H7N3OS. The molecule has 8 heavy (non-hydrogen) atoms. The zero-order valence-corrected chi connectivity index (χ0v) is 5.06. The number of thiol groups is 1. The average molecular weight is 133 g/mol. The molecule has 0 heterocycles. The minimum Gasteiger partial charge on any atom is -0.370 e. The summed E-state index contributed by atoms with van der Waals surface area (Å²) in [7, 11) is 0. The van der Waals surface area contributed by atoms with Gasteiger partial charge in [-0.1, -0.05) is 0 Å². The van der Waals surface area contributed by atoms with Gasteiger partial charge in [0, 0.05) is 0 Å². The second-order valence-electron chi connectivity index (χ2n) is 1.13. The van der Waals surface area contributed by atoms with E-state index in [0.717, 1.165) is 0 Å². The summed E-state index contributed by atoms with van der Waals surface area (Å²) < 4.78 is 0. The molecule has 0 atom stereocenters. The van der Waals surface area contributed by atoms with E-state index in [1.807, 2.05) is 0 Å². The maximum Gasteiger partial charge on any atom is 0.207 e. The van der Waals surface area contributed by atoms with Crippen LogP contribution in [-0.2, 0) is 4.79 Å². The van der Waals surface area contributed by atoms with Gasteiger partial charge < -0.3 is 11.5 Å². The quantitative estimate of drug-likeness (QED) is 0.249. The van der Waals surface area contributed by atoms with Crippen LogP contribution in [0.3, 0.4) is 0 Å². The second-order valence-corrected chi connectivity index (χ2v) is 1.63. The van der Waals surface area contributed by atoms with Gasteiger partial charge in [-0.25, -0.2) is 4.99 Å². The van der Waals surface area contributed by atoms with Crippen LogP contribution in [0.5, 0.6) is 0 Å². The van der Waals surface area contributed by atoms with Crippen LogP contribution in [0.1, 0.15) is 0 Å². The molecule has 0 bridgehead atoms. The van der Waals surface area contributed by atoms with E-state index in [9.17, 15) is 4.79 Å². The Morgan fingerprint density at radius 2 is 2.12 bits per heavy atom. The van der Waals surface area contributed by atoms with Crippen LogP contribution >= 0.6 is 12.6 Å². The van der Waals surface area contributed by atoms with Gasteiger partial charge in [0.1, 0.15) is 6.54 Å². The smallest absolute Gasteiger partial charge is 0.207 e. The normalized spacial score (nSPS) is 8.12. The van der Waals surface area contributed by atoms with Crippen molar-refractivity contribution in [1.82, 2.24) is 0 Å². The monoisotopic (exact) mass is 133 g/mol. The third-order valence-electron chi connectivity index (χ3n) is 0.397. The molecule has 0 aliphatic carbocycles. The van der Waals surface area contributed by atoms with Crippen LogP contribution in [0.4, 0.5) is 0 Å². The summed E-state index contributed by atoms with van der Waals surface area (Å²) in [6.07, 6.45) is 0. The van der Waals surface area contributed by atoms with E-state index in [1.165, 1.54) is 0 Å². The van der Waals surface area contributed by atoms with Crippen molar-refractivity contribution in [2.24, 2.45) is 16.5 Å². The molecule has 0 aromatic rings. The third kappa shape index (κ3) is 5.29. The summed E-state index contributed by atoms with van der Waals surface area (Å²) in [6, 6.07) is 0. The van der Waals surface area contributed by atoms with Gasteiger partial charge in [0.05, 0.1) is 0 Å². The Kier molecular flexibility index (Phi) is 3.02. The van der Waals surface area contributed by atoms with Crippen LogP contribution in [0.25, 0.3) is 0 Å². The maximum absolute atomic E-state index is 9.99. The number of hydrogen-bond acceptors (Lipinski definition) is 2. The Balaban J connectivity index is 3.45. The molecule has 0 aromatic heterocycles. The van der Waals surface area contributed by atoms with Gasteiger partial charge in [0.25, 0.3) is 0 Å². The number of rotatable bonds is 2. The number of guanidine groups is 1. The van der Waals surface area contributed by atoms with E-state index in [-0.39, 0.29) is 17.6 Å². The van der Waals surface area contributed by atoms with Crippen LogP contribution in [0, 0.1) is 0 Å². The van der Waals surface area contributed by atoms with Crippen molar-refractivity contribution >= 4 is 23.7 Å². The fourth-order valence-electron chi connectivity index (χ4n) is 0.159. The molecule has 0 saturated heterocycles. The second kappa shape index (κ2) is 3.31. The fraction of sp³-hybridized carbons (Fsp3) is 0.333. The first-order chi connectivity index (χ1) is 3.63. The Morgan fingerprint density at radius 1 is 1.62 bits per heavy atom. The Morgan fingerprint density at radius 3 is 2.25 bits per heavy atom. The number of aliphatic imine (C=N–C) groups is 1. The molecule has 0 fully saturated rings. The van der Waals surface area contributed by atoms with E-state index in [0.29, 0.717) is 0 Å². The first kappa shape index (κ1) is 7.29. The van der Waals surface area contributed by atoms with Crippen LogP contribution in [0.15, 0.2) is 4.99 Å². The molecule has 4 N–H and O–H groups in total. The number of carbonyl (C=O) groups excluding carboxylic acids is 1. The summed E-state index contributed by atoms with van der Waals surface area (Å²) in [5.74, 6) is -0.0904. The minimum atomic E-state index is -0.349. The zero-order valence-electron chi connectivity index (χ0n) is 4.16. The predicted molar refractivity (Wildman–Crippen MR) is 34.7 cm³/mol. The van der Waals surface area contributed by atoms with Gasteiger partial charge in [-0.05, 0) is 0 Å². The predicted octanol–water partition coefficient (Wildman–Crippen LogP) is -1.28. The lowest BCUT2D eigenvalue weighted by molar-refractivity contribution is -0.109. The van der Waals surface area contributed by atoms with Gasteiger partial charge in [0.2, 0.25) is 5.12 Å². The highest BCUT2D eigenvalue weighted by molar-refractivity contribution is 7.96. The first-order valence-electron chi connectivity index (χ1n) is 1.90. The number of nitrogens with two attached hydrogens (primary N) is 2. The van der Waals surface area contributed by atoms with Crippen molar-refractivity contribution in [3.63, 3.8) is 0 Å². The van der Waals surface area contributed by atoms with E-state index < -0.39 is 0 Å². The molecule has 46 valence electrons. The van der Waals surface area contributed by atoms with Gasteiger partial charge in [-0.2, -0.15) is 0 Å². The third-order valence-corrected chi connectivity index (χ3v) is 0.538. The summed E-state index contributed by atoms with van der Waals surface area (Å²) in [5.41, 5.74) is 9.76. The Labute approximate surface area is 52.4 Å². The Bertz CT molecular complexity index is 118. The van der Waals surface area contributed by atoms with Gasteiger partial charge in [-0.15, -0.1) is 12.6 Å². The van der Waals surface area contributed by atoms with Gasteiger partial charge in [0.15, 0.2) is 5.96 Å². The maximum atomic E-state index is 9.99. The number of carbonyl (C=O) groups is 1. The summed E-state index contributed by atoms with van der Waals surface area (Å²) in [6.45, 7) is -0.0502. The van der Waals surface area contributed by atoms with Crippen molar-refractivity contribution in [2.75, 3.05) is 6.54 Å². The molecule has 0 aliphatic rings. The standard InChI is InChI=1S/C3H7N3OS/c4-3(5)6-1-2(7)8/h1H2,(H,7,8)(H4,4,5,6). The summed E-state index contributed by atoms with van der Waals surface area (Å²) in [4.78, 5) is 13.4. The molecule has 0 aromatic carbocycles. The molecule has 0 rings (SSSR count). The zero-order chi connectivity index (χ0) is 6.57.